The number of hydrogen-bond acceptors (Lipinski definition) is 3. The van der Waals surface area contributed by atoms with E-state index in [9.17, 15) is 4.79 Å². The maximum absolute atomic E-state index is 12.3. The molecule has 0 unspecified atom stereocenters. The second-order valence-corrected chi connectivity index (χ2v) is 6.66. The first-order valence-electron chi connectivity index (χ1n) is 6.95. The lowest BCUT2D eigenvalue weighted by molar-refractivity contribution is -0.131. The van der Waals surface area contributed by atoms with E-state index in [4.69, 9.17) is 17.3 Å². The van der Waals surface area contributed by atoms with Crippen molar-refractivity contribution in [3.63, 3.8) is 0 Å². The molecule has 0 spiro atoms. The summed E-state index contributed by atoms with van der Waals surface area (Å²) in [5, 5.41) is 0. The monoisotopic (exact) mass is 322 g/mol. The lowest BCUT2D eigenvalue weighted by Crippen LogP contribution is -2.30. The highest BCUT2D eigenvalue weighted by Gasteiger charge is 2.13. The standard InChI is InChI=1S/C16H19ClN2OS/c1-2-19(11-14-7-8-15(17)21-14)16(20)9-6-12-4-3-5-13(18)10-12/h3-5,7-8,10H,2,6,9,11,18H2,1H3. The highest BCUT2D eigenvalue weighted by Crippen LogP contribution is 2.23. The Morgan fingerprint density at radius 1 is 1.33 bits per heavy atom. The number of nitrogens with zero attached hydrogens (tertiary/aromatic N) is 1. The van der Waals surface area contributed by atoms with E-state index in [1.807, 2.05) is 48.2 Å². The van der Waals surface area contributed by atoms with Crippen molar-refractivity contribution >= 4 is 34.5 Å². The summed E-state index contributed by atoms with van der Waals surface area (Å²) in [7, 11) is 0. The predicted octanol–water partition coefficient (Wildman–Crippen LogP) is 3.97. The molecule has 1 aromatic carbocycles. The number of benzene rings is 1. The van der Waals surface area contributed by atoms with E-state index in [-0.39, 0.29) is 5.91 Å². The number of nitrogen functional groups attached to an aromatic ring is 1. The summed E-state index contributed by atoms with van der Waals surface area (Å²) in [4.78, 5) is 15.3. The number of aryl methyl sites for hydroxylation is 1. The molecular formula is C16H19ClN2OS. The number of halogens is 1. The van der Waals surface area contributed by atoms with Gasteiger partial charge in [-0.15, -0.1) is 11.3 Å². The molecule has 21 heavy (non-hydrogen) atoms. The Morgan fingerprint density at radius 2 is 2.14 bits per heavy atom. The zero-order chi connectivity index (χ0) is 15.2. The average Bonchev–Trinajstić information content (AvgIpc) is 2.87. The molecule has 0 saturated heterocycles. The molecule has 0 bridgehead atoms. The van der Waals surface area contributed by atoms with E-state index in [2.05, 4.69) is 0 Å². The molecule has 0 aliphatic carbocycles. The van der Waals surface area contributed by atoms with E-state index >= 15 is 0 Å². The third kappa shape index (κ3) is 4.76. The molecule has 2 rings (SSSR count). The van der Waals surface area contributed by atoms with Crippen molar-refractivity contribution in [2.75, 3.05) is 12.3 Å². The molecule has 5 heteroatoms. The lowest BCUT2D eigenvalue weighted by atomic mass is 10.1. The van der Waals surface area contributed by atoms with Crippen molar-refractivity contribution < 1.29 is 4.79 Å². The van der Waals surface area contributed by atoms with E-state index in [0.29, 0.717) is 25.9 Å². The molecule has 1 heterocycles. The van der Waals surface area contributed by atoms with Gasteiger partial charge < -0.3 is 10.6 Å². The highest BCUT2D eigenvalue weighted by molar-refractivity contribution is 7.16. The SMILES string of the molecule is CCN(Cc1ccc(Cl)s1)C(=O)CCc1cccc(N)c1. The van der Waals surface area contributed by atoms with Crippen LogP contribution < -0.4 is 5.73 Å². The molecule has 0 aliphatic rings. The third-order valence-electron chi connectivity index (χ3n) is 3.29. The van der Waals surface area contributed by atoms with Gasteiger partial charge in [0.1, 0.15) is 0 Å². The maximum Gasteiger partial charge on any atom is 0.223 e. The van der Waals surface area contributed by atoms with Crippen LogP contribution in [0.2, 0.25) is 4.34 Å². The Kier molecular flexibility index (Phi) is 5.65. The van der Waals surface area contributed by atoms with Crippen LogP contribution in [-0.2, 0) is 17.8 Å². The number of carbonyl (C=O) groups excluding carboxylic acids is 1. The first-order valence-corrected chi connectivity index (χ1v) is 8.14. The molecule has 0 saturated carbocycles. The molecule has 2 N–H and O–H groups in total. The van der Waals surface area contributed by atoms with Gasteiger partial charge in [-0.05, 0) is 43.2 Å². The fraction of sp³-hybridized carbons (Fsp3) is 0.312. The maximum atomic E-state index is 12.3. The summed E-state index contributed by atoms with van der Waals surface area (Å²) in [6.07, 6.45) is 1.21. The zero-order valence-electron chi connectivity index (χ0n) is 12.0. The summed E-state index contributed by atoms with van der Waals surface area (Å²) < 4.78 is 0.758. The molecule has 112 valence electrons. The molecule has 0 radical (unpaired) electrons. The summed E-state index contributed by atoms with van der Waals surface area (Å²) in [5.74, 6) is 0.157. The summed E-state index contributed by atoms with van der Waals surface area (Å²) in [6.45, 7) is 3.32. The van der Waals surface area contributed by atoms with Crippen molar-refractivity contribution in [2.45, 2.75) is 26.3 Å². The van der Waals surface area contributed by atoms with Crippen LogP contribution >= 0.6 is 22.9 Å². The van der Waals surface area contributed by atoms with Crippen LogP contribution in [0.5, 0.6) is 0 Å². The van der Waals surface area contributed by atoms with Crippen molar-refractivity contribution in [3.8, 4) is 0 Å². The fourth-order valence-electron chi connectivity index (χ4n) is 2.16. The van der Waals surface area contributed by atoms with Crippen LogP contribution in [-0.4, -0.2) is 17.4 Å². The molecule has 1 aromatic heterocycles. The van der Waals surface area contributed by atoms with Gasteiger partial charge in [0, 0.05) is 23.5 Å². The van der Waals surface area contributed by atoms with Crippen LogP contribution in [0.1, 0.15) is 23.8 Å². The van der Waals surface area contributed by atoms with E-state index < -0.39 is 0 Å². The Labute approximate surface area is 134 Å². The van der Waals surface area contributed by atoms with Gasteiger partial charge in [0.2, 0.25) is 5.91 Å². The fourth-order valence-corrected chi connectivity index (χ4v) is 3.26. The molecule has 3 nitrogen and oxygen atoms in total. The van der Waals surface area contributed by atoms with Crippen LogP contribution in [0.3, 0.4) is 0 Å². The van der Waals surface area contributed by atoms with E-state index in [0.717, 1.165) is 20.5 Å². The Hall–Kier alpha value is -1.52. The Morgan fingerprint density at radius 3 is 2.76 bits per heavy atom. The van der Waals surface area contributed by atoms with Gasteiger partial charge in [0.05, 0.1) is 10.9 Å². The van der Waals surface area contributed by atoms with Crippen molar-refractivity contribution in [2.24, 2.45) is 0 Å². The number of hydrogen-bond donors (Lipinski definition) is 1. The Balaban J connectivity index is 1.91. The van der Waals surface area contributed by atoms with Gasteiger partial charge in [-0.25, -0.2) is 0 Å². The molecule has 1 amide bonds. The van der Waals surface area contributed by atoms with Gasteiger partial charge in [-0.1, -0.05) is 23.7 Å². The van der Waals surface area contributed by atoms with E-state index in [1.165, 1.54) is 11.3 Å². The normalized spacial score (nSPS) is 10.6. The lowest BCUT2D eigenvalue weighted by Gasteiger charge is -2.20. The number of thiophene rings is 1. The van der Waals surface area contributed by atoms with Gasteiger partial charge in [-0.3, -0.25) is 4.79 Å². The second kappa shape index (κ2) is 7.48. The highest BCUT2D eigenvalue weighted by atomic mass is 35.5. The van der Waals surface area contributed by atoms with Crippen molar-refractivity contribution in [3.05, 3.63) is 51.2 Å². The molecule has 2 aromatic rings. The number of nitrogens with two attached hydrogens (primary N) is 1. The topological polar surface area (TPSA) is 46.3 Å². The first-order chi connectivity index (χ1) is 10.1. The van der Waals surface area contributed by atoms with Crippen LogP contribution in [0.25, 0.3) is 0 Å². The van der Waals surface area contributed by atoms with Gasteiger partial charge in [-0.2, -0.15) is 0 Å². The van der Waals surface area contributed by atoms with Crippen LogP contribution in [0, 0.1) is 0 Å². The number of anilines is 1. The third-order valence-corrected chi connectivity index (χ3v) is 4.50. The van der Waals surface area contributed by atoms with Gasteiger partial charge in [0.25, 0.3) is 0 Å². The second-order valence-electron chi connectivity index (χ2n) is 4.86. The summed E-state index contributed by atoms with van der Waals surface area (Å²) in [6, 6.07) is 11.5. The largest absolute Gasteiger partial charge is 0.399 e. The predicted molar refractivity (Wildman–Crippen MR) is 89.6 cm³/mol. The van der Waals surface area contributed by atoms with Crippen molar-refractivity contribution in [1.29, 1.82) is 0 Å². The summed E-state index contributed by atoms with van der Waals surface area (Å²) in [5.41, 5.74) is 7.58. The Bertz CT molecular complexity index is 612. The molecule has 0 fully saturated rings. The quantitative estimate of drug-likeness (QED) is 0.818. The minimum absolute atomic E-state index is 0.157. The van der Waals surface area contributed by atoms with Crippen molar-refractivity contribution in [1.82, 2.24) is 4.90 Å². The zero-order valence-corrected chi connectivity index (χ0v) is 13.6. The number of carbonyl (C=O) groups is 1. The van der Waals surface area contributed by atoms with Crippen LogP contribution in [0.15, 0.2) is 36.4 Å². The number of rotatable bonds is 6. The number of amides is 1. The first kappa shape index (κ1) is 15.9. The van der Waals surface area contributed by atoms with Crippen LogP contribution in [0.4, 0.5) is 5.69 Å². The van der Waals surface area contributed by atoms with E-state index in [1.54, 1.807) is 0 Å². The molecule has 0 aliphatic heterocycles. The average molecular weight is 323 g/mol. The minimum atomic E-state index is 0.157. The summed E-state index contributed by atoms with van der Waals surface area (Å²) >= 11 is 7.45. The van der Waals surface area contributed by atoms with Gasteiger partial charge in [0.15, 0.2) is 0 Å². The molecular weight excluding hydrogens is 304 g/mol. The van der Waals surface area contributed by atoms with Gasteiger partial charge >= 0.3 is 0 Å². The smallest absolute Gasteiger partial charge is 0.223 e. The minimum Gasteiger partial charge on any atom is -0.399 e. The molecule has 0 atom stereocenters.